The summed E-state index contributed by atoms with van der Waals surface area (Å²) in [5, 5.41) is 0. The lowest BCUT2D eigenvalue weighted by Gasteiger charge is -1.96. The largest absolute Gasteiger partial charge is 0.465 e. The zero-order valence-corrected chi connectivity index (χ0v) is 7.12. The molecule has 0 atom stereocenters. The van der Waals surface area contributed by atoms with Gasteiger partial charge in [-0.15, -0.1) is 0 Å². The molecule has 0 radical (unpaired) electrons. The minimum Gasteiger partial charge on any atom is -0.465 e. The van der Waals surface area contributed by atoms with Gasteiger partial charge in [0.1, 0.15) is 5.76 Å². The lowest BCUT2D eigenvalue weighted by Crippen LogP contribution is -2.03. The molecule has 13 heavy (non-hydrogen) atoms. The summed E-state index contributed by atoms with van der Waals surface area (Å²) in [6.45, 7) is 1.76. The molecule has 70 valence electrons. The number of hydrogen-bond acceptors (Lipinski definition) is 3. The number of halogens is 1. The number of rotatable bonds is 3. The minimum absolute atomic E-state index is 0.151. The first kappa shape index (κ1) is 9.51. The number of ether oxygens (including phenoxy) is 1. The summed E-state index contributed by atoms with van der Waals surface area (Å²) in [6.07, 6.45) is 2.38. The van der Waals surface area contributed by atoms with Crippen LogP contribution in [-0.4, -0.2) is 12.6 Å². The van der Waals surface area contributed by atoms with E-state index < -0.39 is 11.8 Å². The van der Waals surface area contributed by atoms with Crippen molar-refractivity contribution in [3.05, 3.63) is 30.0 Å². The third-order valence-corrected chi connectivity index (χ3v) is 1.28. The van der Waals surface area contributed by atoms with Crippen molar-refractivity contribution < 1.29 is 18.3 Å². The van der Waals surface area contributed by atoms with Crippen molar-refractivity contribution in [1.29, 1.82) is 0 Å². The Morgan fingerprint density at radius 1 is 1.77 bits per heavy atom. The Kier molecular flexibility index (Phi) is 3.25. The van der Waals surface area contributed by atoms with Gasteiger partial charge in [0.05, 0.1) is 12.9 Å². The molecule has 0 saturated carbocycles. The van der Waals surface area contributed by atoms with Crippen LogP contribution in [0.2, 0.25) is 0 Å². The first-order valence-corrected chi connectivity index (χ1v) is 3.82. The first-order valence-electron chi connectivity index (χ1n) is 3.82. The molecule has 0 aliphatic carbocycles. The van der Waals surface area contributed by atoms with Crippen LogP contribution >= 0.6 is 0 Å². The highest BCUT2D eigenvalue weighted by Gasteiger charge is 2.09. The van der Waals surface area contributed by atoms with Crippen LogP contribution in [-0.2, 0) is 9.53 Å². The fraction of sp³-hybridized carbons (Fsp3) is 0.222. The molecule has 0 aliphatic heterocycles. The SMILES string of the molecule is CCOC(=O)/C(F)=C/c1ccco1. The number of esters is 1. The first-order chi connectivity index (χ1) is 6.24. The summed E-state index contributed by atoms with van der Waals surface area (Å²) >= 11 is 0. The van der Waals surface area contributed by atoms with Gasteiger partial charge in [-0.05, 0) is 19.1 Å². The van der Waals surface area contributed by atoms with Crippen LogP contribution in [0.15, 0.2) is 28.6 Å². The average molecular weight is 184 g/mol. The standard InChI is InChI=1S/C9H9FO3/c1-2-12-9(11)8(10)6-7-4-3-5-13-7/h3-6H,2H2,1H3/b8-6-. The Morgan fingerprint density at radius 2 is 2.54 bits per heavy atom. The molecular weight excluding hydrogens is 175 g/mol. The molecule has 1 rings (SSSR count). The van der Waals surface area contributed by atoms with Gasteiger partial charge in [0, 0.05) is 6.08 Å². The van der Waals surface area contributed by atoms with Gasteiger partial charge in [-0.3, -0.25) is 0 Å². The highest BCUT2D eigenvalue weighted by atomic mass is 19.1. The molecular formula is C9H9FO3. The van der Waals surface area contributed by atoms with Gasteiger partial charge in [-0.1, -0.05) is 0 Å². The maximum Gasteiger partial charge on any atom is 0.367 e. The Hall–Kier alpha value is -1.58. The molecule has 0 fully saturated rings. The smallest absolute Gasteiger partial charge is 0.367 e. The molecule has 0 amide bonds. The maximum absolute atomic E-state index is 12.9. The molecule has 1 aromatic rings. The van der Waals surface area contributed by atoms with E-state index >= 15 is 0 Å². The van der Waals surface area contributed by atoms with Crippen LogP contribution in [0.4, 0.5) is 4.39 Å². The molecule has 0 N–H and O–H groups in total. The molecule has 0 saturated heterocycles. The highest BCUT2D eigenvalue weighted by molar-refractivity contribution is 5.90. The van der Waals surface area contributed by atoms with E-state index in [0.717, 1.165) is 6.08 Å². The van der Waals surface area contributed by atoms with Crippen LogP contribution in [0.3, 0.4) is 0 Å². The summed E-state index contributed by atoms with van der Waals surface area (Å²) in [4.78, 5) is 10.8. The average Bonchev–Trinajstić information content (AvgIpc) is 2.57. The fourth-order valence-corrected chi connectivity index (χ4v) is 0.757. The zero-order valence-electron chi connectivity index (χ0n) is 7.12. The van der Waals surface area contributed by atoms with Gasteiger partial charge in [0.15, 0.2) is 0 Å². The highest BCUT2D eigenvalue weighted by Crippen LogP contribution is 2.09. The Balaban J connectivity index is 2.66. The molecule has 0 unspecified atom stereocenters. The molecule has 0 aromatic carbocycles. The van der Waals surface area contributed by atoms with Crippen LogP contribution in [0.5, 0.6) is 0 Å². The van der Waals surface area contributed by atoms with E-state index in [4.69, 9.17) is 4.42 Å². The van der Waals surface area contributed by atoms with Crippen molar-refractivity contribution in [2.45, 2.75) is 6.92 Å². The molecule has 3 nitrogen and oxygen atoms in total. The lowest BCUT2D eigenvalue weighted by atomic mass is 10.4. The Bertz CT molecular complexity index is 301. The predicted octanol–water partition coefficient (Wildman–Crippen LogP) is 2.15. The molecule has 0 spiro atoms. The van der Waals surface area contributed by atoms with E-state index in [1.165, 1.54) is 6.26 Å². The van der Waals surface area contributed by atoms with E-state index in [1.54, 1.807) is 19.1 Å². The zero-order chi connectivity index (χ0) is 9.68. The monoisotopic (exact) mass is 184 g/mol. The summed E-state index contributed by atoms with van der Waals surface area (Å²) in [5.74, 6) is -1.65. The number of carbonyl (C=O) groups is 1. The van der Waals surface area contributed by atoms with Gasteiger partial charge in [-0.2, -0.15) is 4.39 Å². The normalized spacial score (nSPS) is 11.4. The second-order valence-electron chi connectivity index (χ2n) is 2.23. The molecule has 4 heteroatoms. The Morgan fingerprint density at radius 3 is 3.08 bits per heavy atom. The molecule has 0 bridgehead atoms. The van der Waals surface area contributed by atoms with Crippen LogP contribution in [0.1, 0.15) is 12.7 Å². The van der Waals surface area contributed by atoms with Crippen LogP contribution in [0.25, 0.3) is 6.08 Å². The summed E-state index contributed by atoms with van der Waals surface area (Å²) in [7, 11) is 0. The number of hydrogen-bond donors (Lipinski definition) is 0. The van der Waals surface area contributed by atoms with Gasteiger partial charge in [0.25, 0.3) is 0 Å². The van der Waals surface area contributed by atoms with Crippen molar-refractivity contribution in [2.24, 2.45) is 0 Å². The molecule has 0 aliphatic rings. The van der Waals surface area contributed by atoms with E-state index in [2.05, 4.69) is 4.74 Å². The second-order valence-corrected chi connectivity index (χ2v) is 2.23. The predicted molar refractivity (Wildman–Crippen MR) is 44.4 cm³/mol. The fourth-order valence-electron chi connectivity index (χ4n) is 0.757. The summed E-state index contributed by atoms with van der Waals surface area (Å²) in [6, 6.07) is 3.14. The van der Waals surface area contributed by atoms with Crippen LogP contribution in [0, 0.1) is 0 Å². The number of carbonyl (C=O) groups excluding carboxylic acids is 1. The third-order valence-electron chi connectivity index (χ3n) is 1.28. The lowest BCUT2D eigenvalue weighted by molar-refractivity contribution is -0.140. The maximum atomic E-state index is 12.9. The van der Waals surface area contributed by atoms with Gasteiger partial charge in [-0.25, -0.2) is 4.79 Å². The summed E-state index contributed by atoms with van der Waals surface area (Å²) in [5.41, 5.74) is 0. The van der Waals surface area contributed by atoms with Crippen molar-refractivity contribution in [3.63, 3.8) is 0 Å². The van der Waals surface area contributed by atoms with E-state index in [-0.39, 0.29) is 12.4 Å². The van der Waals surface area contributed by atoms with Gasteiger partial charge in [0.2, 0.25) is 5.83 Å². The van der Waals surface area contributed by atoms with E-state index in [0.29, 0.717) is 0 Å². The van der Waals surface area contributed by atoms with Gasteiger partial charge < -0.3 is 9.15 Å². The Labute approximate surface area is 74.8 Å². The van der Waals surface area contributed by atoms with Crippen molar-refractivity contribution >= 4 is 12.0 Å². The quantitative estimate of drug-likeness (QED) is 0.533. The second kappa shape index (κ2) is 4.45. The molecule has 1 aromatic heterocycles. The minimum atomic E-state index is -0.973. The molecule has 1 heterocycles. The van der Waals surface area contributed by atoms with Gasteiger partial charge >= 0.3 is 5.97 Å². The van der Waals surface area contributed by atoms with E-state index in [1.807, 2.05) is 0 Å². The number of furan rings is 1. The van der Waals surface area contributed by atoms with Crippen molar-refractivity contribution in [3.8, 4) is 0 Å². The summed E-state index contributed by atoms with van der Waals surface area (Å²) < 4.78 is 22.1. The van der Waals surface area contributed by atoms with E-state index in [9.17, 15) is 9.18 Å². The van der Waals surface area contributed by atoms with Crippen molar-refractivity contribution in [1.82, 2.24) is 0 Å². The van der Waals surface area contributed by atoms with Crippen LogP contribution < -0.4 is 0 Å². The third kappa shape index (κ3) is 2.74. The van der Waals surface area contributed by atoms with Crippen molar-refractivity contribution in [2.75, 3.05) is 6.61 Å². The topological polar surface area (TPSA) is 39.4 Å².